The van der Waals surface area contributed by atoms with Gasteiger partial charge in [0, 0.05) is 63.1 Å². The number of nitrogens with one attached hydrogen (secondary N) is 2. The van der Waals surface area contributed by atoms with Crippen LogP contribution < -0.4 is 10.6 Å². The summed E-state index contributed by atoms with van der Waals surface area (Å²) in [6.07, 6.45) is 5.66. The standard InChI is InChI=1S/C27H35ClN6O4S/c1-33(2)27(38)17-7-9-19(30-24(36)25(37)32-23-10-8-18(28)14-29-23)16(13-17)5-4-6-21(35)26-31-20-11-12-34(3)15-22(20)39-26/h8,10,14,16-17,19H,4-7,9,11-13,15H2,1-3H3,(H,30,36)(H,29,32,37)/t16-,17+,19+/m1/s1. The molecule has 0 saturated heterocycles. The van der Waals surface area contributed by atoms with Crippen LogP contribution in [0.25, 0.3) is 0 Å². The van der Waals surface area contributed by atoms with E-state index in [0.29, 0.717) is 48.6 Å². The van der Waals surface area contributed by atoms with Crippen molar-refractivity contribution in [2.45, 2.75) is 57.5 Å². The SMILES string of the molecule is CN1CCc2nc(C(=O)CCC[C@@H]3C[C@@H](C(=O)N(C)C)CC[C@@H]3NC(=O)C(=O)Nc3ccc(Cl)cn3)sc2C1. The largest absolute Gasteiger partial charge is 0.349 e. The molecule has 1 aliphatic carbocycles. The normalized spacial score (nSPS) is 21.1. The second-order valence-corrected chi connectivity index (χ2v) is 12.1. The van der Waals surface area contributed by atoms with E-state index in [-0.39, 0.29) is 35.4 Å². The molecule has 210 valence electrons. The molecule has 0 bridgehead atoms. The molecule has 3 atom stereocenters. The number of hydrogen-bond donors (Lipinski definition) is 2. The average molecular weight is 575 g/mol. The third kappa shape index (κ3) is 7.61. The molecule has 2 aromatic heterocycles. The van der Waals surface area contributed by atoms with Gasteiger partial charge in [0.05, 0.1) is 10.7 Å². The van der Waals surface area contributed by atoms with Crippen molar-refractivity contribution in [2.24, 2.45) is 11.8 Å². The van der Waals surface area contributed by atoms with Crippen molar-refractivity contribution in [3.05, 3.63) is 38.9 Å². The number of aromatic nitrogens is 2. The van der Waals surface area contributed by atoms with Crippen molar-refractivity contribution in [2.75, 3.05) is 33.0 Å². The zero-order chi connectivity index (χ0) is 28.1. The van der Waals surface area contributed by atoms with E-state index < -0.39 is 11.8 Å². The van der Waals surface area contributed by atoms with E-state index in [4.69, 9.17) is 11.6 Å². The van der Waals surface area contributed by atoms with Gasteiger partial charge in [-0.3, -0.25) is 19.2 Å². The van der Waals surface area contributed by atoms with Crippen LogP contribution in [-0.2, 0) is 27.3 Å². The molecule has 0 radical (unpaired) electrons. The number of fused-ring (bicyclic) bond motifs is 1. The van der Waals surface area contributed by atoms with Gasteiger partial charge in [0.25, 0.3) is 0 Å². The van der Waals surface area contributed by atoms with E-state index in [9.17, 15) is 19.2 Å². The van der Waals surface area contributed by atoms with Crippen LogP contribution >= 0.6 is 22.9 Å². The minimum atomic E-state index is -0.816. The Hall–Kier alpha value is -2.89. The molecule has 2 N–H and O–H groups in total. The first-order valence-corrected chi connectivity index (χ1v) is 14.4. The van der Waals surface area contributed by atoms with E-state index >= 15 is 0 Å². The van der Waals surface area contributed by atoms with Crippen molar-refractivity contribution < 1.29 is 19.2 Å². The quantitative estimate of drug-likeness (QED) is 0.366. The Morgan fingerprint density at radius 2 is 1.97 bits per heavy atom. The van der Waals surface area contributed by atoms with E-state index in [1.807, 2.05) is 0 Å². The predicted molar refractivity (Wildman–Crippen MR) is 150 cm³/mol. The fourth-order valence-corrected chi connectivity index (χ4v) is 6.56. The highest BCUT2D eigenvalue weighted by Gasteiger charge is 2.36. The molecule has 10 nitrogen and oxygen atoms in total. The number of rotatable bonds is 8. The summed E-state index contributed by atoms with van der Waals surface area (Å²) >= 11 is 7.31. The summed E-state index contributed by atoms with van der Waals surface area (Å²) in [4.78, 5) is 64.4. The molecule has 2 aromatic rings. The number of anilines is 1. The van der Waals surface area contributed by atoms with Crippen LogP contribution in [0, 0.1) is 11.8 Å². The number of ketones is 1. The van der Waals surface area contributed by atoms with Gasteiger partial charge < -0.3 is 20.4 Å². The molecule has 12 heteroatoms. The predicted octanol–water partition coefficient (Wildman–Crippen LogP) is 3.16. The second kappa shape index (κ2) is 13.0. The number of amides is 3. The number of hydrogen-bond acceptors (Lipinski definition) is 8. The molecular formula is C27H35ClN6O4S. The van der Waals surface area contributed by atoms with Gasteiger partial charge in [-0.05, 0) is 57.2 Å². The zero-order valence-electron chi connectivity index (χ0n) is 22.5. The molecule has 0 unspecified atom stereocenters. The van der Waals surface area contributed by atoms with E-state index in [1.165, 1.54) is 28.5 Å². The van der Waals surface area contributed by atoms with Crippen molar-refractivity contribution in [3.8, 4) is 0 Å². The van der Waals surface area contributed by atoms with Gasteiger partial charge in [0.1, 0.15) is 5.82 Å². The number of carbonyl (C=O) groups is 4. The molecule has 4 rings (SSSR count). The number of Topliss-reactive ketones (excluding diaryl/α,β-unsaturated/α-hetero) is 1. The minimum absolute atomic E-state index is 0.0317. The third-order valence-corrected chi connectivity index (χ3v) is 8.75. The van der Waals surface area contributed by atoms with Gasteiger partial charge in [-0.1, -0.05) is 11.6 Å². The second-order valence-electron chi connectivity index (χ2n) is 10.6. The Balaban J connectivity index is 1.36. The van der Waals surface area contributed by atoms with Crippen LogP contribution in [0.5, 0.6) is 0 Å². The van der Waals surface area contributed by atoms with E-state index in [0.717, 1.165) is 25.2 Å². The molecule has 1 aliphatic heterocycles. The number of likely N-dealkylation sites (N-methyl/N-ethyl adjacent to an activating group) is 1. The van der Waals surface area contributed by atoms with Gasteiger partial charge in [-0.2, -0.15) is 0 Å². The lowest BCUT2D eigenvalue weighted by Gasteiger charge is -2.36. The Morgan fingerprint density at radius 1 is 1.18 bits per heavy atom. The Labute approximate surface area is 237 Å². The van der Waals surface area contributed by atoms with Crippen molar-refractivity contribution in [3.63, 3.8) is 0 Å². The number of halogens is 1. The van der Waals surface area contributed by atoms with Crippen LogP contribution in [0.1, 0.15) is 58.9 Å². The highest BCUT2D eigenvalue weighted by Crippen LogP contribution is 2.34. The molecule has 2 aliphatic rings. The maximum absolute atomic E-state index is 12.9. The van der Waals surface area contributed by atoms with Crippen LogP contribution in [0.3, 0.4) is 0 Å². The third-order valence-electron chi connectivity index (χ3n) is 7.40. The highest BCUT2D eigenvalue weighted by molar-refractivity contribution is 7.13. The first-order chi connectivity index (χ1) is 18.6. The molecule has 1 saturated carbocycles. The monoisotopic (exact) mass is 574 g/mol. The van der Waals surface area contributed by atoms with Gasteiger partial charge >= 0.3 is 11.8 Å². The van der Waals surface area contributed by atoms with Crippen molar-refractivity contribution in [1.82, 2.24) is 25.1 Å². The first kappa shape index (κ1) is 29.1. The number of pyridine rings is 1. The molecule has 3 heterocycles. The summed E-state index contributed by atoms with van der Waals surface area (Å²) < 4.78 is 0. The summed E-state index contributed by atoms with van der Waals surface area (Å²) in [6, 6.07) is 2.81. The summed E-state index contributed by atoms with van der Waals surface area (Å²) in [5, 5.41) is 6.33. The van der Waals surface area contributed by atoms with Crippen molar-refractivity contribution >= 4 is 52.3 Å². The fourth-order valence-electron chi connectivity index (χ4n) is 5.29. The minimum Gasteiger partial charge on any atom is -0.349 e. The van der Waals surface area contributed by atoms with Crippen molar-refractivity contribution in [1.29, 1.82) is 0 Å². The van der Waals surface area contributed by atoms with E-state index in [1.54, 1.807) is 25.1 Å². The maximum atomic E-state index is 12.9. The lowest BCUT2D eigenvalue weighted by Crippen LogP contribution is -2.49. The Kier molecular flexibility index (Phi) is 9.68. The van der Waals surface area contributed by atoms with Gasteiger partial charge in [-0.15, -0.1) is 11.3 Å². The maximum Gasteiger partial charge on any atom is 0.314 e. The lowest BCUT2D eigenvalue weighted by molar-refractivity contribution is -0.138. The molecule has 0 spiro atoms. The van der Waals surface area contributed by atoms with Gasteiger partial charge in [0.15, 0.2) is 10.8 Å². The summed E-state index contributed by atoms with van der Waals surface area (Å²) in [5.74, 6) is -1.44. The summed E-state index contributed by atoms with van der Waals surface area (Å²) in [6.45, 7) is 1.77. The number of carbonyl (C=O) groups excluding carboxylic acids is 4. The first-order valence-electron chi connectivity index (χ1n) is 13.3. The highest BCUT2D eigenvalue weighted by atomic mass is 35.5. The molecule has 39 heavy (non-hydrogen) atoms. The van der Waals surface area contributed by atoms with Crippen LogP contribution in [0.4, 0.5) is 5.82 Å². The van der Waals surface area contributed by atoms with Crippen LogP contribution in [0.2, 0.25) is 5.02 Å². The Bertz CT molecular complexity index is 1220. The van der Waals surface area contributed by atoms with Gasteiger partial charge in [0.2, 0.25) is 5.91 Å². The topological polar surface area (TPSA) is 125 Å². The molecule has 3 amide bonds. The summed E-state index contributed by atoms with van der Waals surface area (Å²) in [5.41, 5.74) is 1.04. The molecule has 0 aromatic carbocycles. The smallest absolute Gasteiger partial charge is 0.314 e. The fraction of sp³-hybridized carbons (Fsp3) is 0.556. The molecule has 1 fully saturated rings. The van der Waals surface area contributed by atoms with E-state index in [2.05, 4.69) is 32.5 Å². The average Bonchev–Trinajstić information content (AvgIpc) is 3.33. The van der Waals surface area contributed by atoms with Crippen LogP contribution in [0.15, 0.2) is 18.3 Å². The van der Waals surface area contributed by atoms with Gasteiger partial charge in [-0.25, -0.2) is 9.97 Å². The van der Waals surface area contributed by atoms with Crippen LogP contribution in [-0.4, -0.2) is 77.0 Å². The Morgan fingerprint density at radius 3 is 2.69 bits per heavy atom. The zero-order valence-corrected chi connectivity index (χ0v) is 24.1. The lowest BCUT2D eigenvalue weighted by atomic mass is 9.75. The number of thiazole rings is 1. The molecular weight excluding hydrogens is 540 g/mol. The summed E-state index contributed by atoms with van der Waals surface area (Å²) in [7, 11) is 5.55. The number of nitrogens with zero attached hydrogens (tertiary/aromatic N) is 4.